The maximum Gasteiger partial charge on any atom is 0.416 e. The predicted molar refractivity (Wildman–Crippen MR) is 98.8 cm³/mol. The van der Waals surface area contributed by atoms with Crippen molar-refractivity contribution in [3.63, 3.8) is 0 Å². The molecular formula is C19H26F3NO4S. The van der Waals surface area contributed by atoms with E-state index in [1.165, 1.54) is 17.9 Å². The summed E-state index contributed by atoms with van der Waals surface area (Å²) in [5.74, 6) is -0.348. The van der Waals surface area contributed by atoms with E-state index in [4.69, 9.17) is 0 Å². The lowest BCUT2D eigenvalue weighted by Gasteiger charge is -2.45. The van der Waals surface area contributed by atoms with E-state index >= 15 is 0 Å². The summed E-state index contributed by atoms with van der Waals surface area (Å²) in [5.41, 5.74) is -1.40. The normalized spacial score (nSPS) is 22.8. The number of benzene rings is 1. The summed E-state index contributed by atoms with van der Waals surface area (Å²) in [7, 11) is -3.99. The maximum atomic E-state index is 13.0. The van der Waals surface area contributed by atoms with E-state index in [-0.39, 0.29) is 23.4 Å². The average molecular weight is 421 g/mol. The van der Waals surface area contributed by atoms with Crippen LogP contribution in [0.2, 0.25) is 0 Å². The Balaban J connectivity index is 2.32. The topological polar surface area (TPSA) is 74.7 Å². The van der Waals surface area contributed by atoms with Gasteiger partial charge in [-0.2, -0.15) is 13.2 Å². The van der Waals surface area contributed by atoms with Gasteiger partial charge in [0, 0.05) is 12.6 Å². The Morgan fingerprint density at radius 3 is 2.36 bits per heavy atom. The molecule has 1 amide bonds. The van der Waals surface area contributed by atoms with Gasteiger partial charge >= 0.3 is 12.3 Å². The molecule has 28 heavy (non-hydrogen) atoms. The van der Waals surface area contributed by atoms with Gasteiger partial charge in [0.15, 0.2) is 9.84 Å². The molecule has 0 aliphatic carbocycles. The van der Waals surface area contributed by atoms with Crippen molar-refractivity contribution in [2.24, 2.45) is 11.3 Å². The van der Waals surface area contributed by atoms with Crippen LogP contribution in [0.25, 0.3) is 0 Å². The SMILES string of the molecule is CC(C1CCN(C(=O)O)C(C(C)(C)C)C1)S(=O)(=O)c1cccc(C(F)(F)F)c1. The van der Waals surface area contributed by atoms with E-state index in [1.807, 2.05) is 20.8 Å². The Morgan fingerprint density at radius 2 is 1.86 bits per heavy atom. The Bertz CT molecular complexity index is 830. The summed E-state index contributed by atoms with van der Waals surface area (Å²) in [6, 6.07) is 3.40. The van der Waals surface area contributed by atoms with Gasteiger partial charge in [0.1, 0.15) is 0 Å². The Hall–Kier alpha value is -1.77. The summed E-state index contributed by atoms with van der Waals surface area (Å²) >= 11 is 0. The van der Waals surface area contributed by atoms with E-state index in [9.17, 15) is 31.5 Å². The number of piperidine rings is 1. The van der Waals surface area contributed by atoms with Gasteiger partial charge in [0.25, 0.3) is 0 Å². The highest BCUT2D eigenvalue weighted by Gasteiger charge is 2.43. The third-order valence-corrected chi connectivity index (χ3v) is 7.81. The molecule has 1 saturated heterocycles. The number of carboxylic acid groups (broad SMARTS) is 1. The van der Waals surface area contributed by atoms with Crippen molar-refractivity contribution in [3.8, 4) is 0 Å². The second kappa shape index (κ2) is 7.57. The largest absolute Gasteiger partial charge is 0.465 e. The number of halogens is 3. The standard InChI is InChI=1S/C19H26F3NO4S/c1-12(13-8-9-23(17(24)25)16(10-13)18(2,3)4)28(26,27)15-7-5-6-14(11-15)19(20,21)22/h5-7,11-13,16H,8-10H2,1-4H3,(H,24,25). The number of hydrogen-bond donors (Lipinski definition) is 1. The van der Waals surface area contributed by atoms with Gasteiger partial charge in [-0.25, -0.2) is 13.2 Å². The minimum atomic E-state index is -4.63. The van der Waals surface area contributed by atoms with Gasteiger partial charge in [-0.3, -0.25) is 0 Å². The summed E-state index contributed by atoms with van der Waals surface area (Å²) in [6.07, 6.45) is -4.99. The molecule has 2 rings (SSSR count). The van der Waals surface area contributed by atoms with E-state index in [0.29, 0.717) is 18.9 Å². The number of likely N-dealkylation sites (tertiary alicyclic amines) is 1. The molecule has 0 radical (unpaired) electrons. The number of hydrogen-bond acceptors (Lipinski definition) is 3. The molecule has 5 nitrogen and oxygen atoms in total. The fourth-order valence-corrected chi connectivity index (χ4v) is 5.53. The fraction of sp³-hybridized carbons (Fsp3) is 0.632. The second-order valence-electron chi connectivity index (χ2n) is 8.42. The zero-order valence-corrected chi connectivity index (χ0v) is 17.1. The molecule has 1 aliphatic rings. The molecule has 1 aromatic carbocycles. The first-order valence-electron chi connectivity index (χ1n) is 9.06. The third kappa shape index (κ3) is 4.61. The molecule has 0 saturated carbocycles. The first-order valence-corrected chi connectivity index (χ1v) is 10.6. The average Bonchev–Trinajstić information content (AvgIpc) is 2.59. The molecule has 3 atom stereocenters. The van der Waals surface area contributed by atoms with E-state index in [1.54, 1.807) is 0 Å². The molecule has 158 valence electrons. The van der Waals surface area contributed by atoms with Crippen molar-refractivity contribution in [1.29, 1.82) is 0 Å². The molecule has 3 unspecified atom stereocenters. The van der Waals surface area contributed by atoms with Crippen LogP contribution in [0.1, 0.15) is 46.1 Å². The molecule has 1 fully saturated rings. The second-order valence-corrected chi connectivity index (χ2v) is 10.7. The molecule has 0 spiro atoms. The number of amides is 1. The monoisotopic (exact) mass is 421 g/mol. The van der Waals surface area contributed by atoms with Crippen molar-refractivity contribution in [1.82, 2.24) is 4.90 Å². The van der Waals surface area contributed by atoms with Gasteiger partial charge in [0.05, 0.1) is 15.7 Å². The lowest BCUT2D eigenvalue weighted by atomic mass is 9.76. The smallest absolute Gasteiger partial charge is 0.416 e. The van der Waals surface area contributed by atoms with Crippen LogP contribution in [-0.2, 0) is 16.0 Å². The summed E-state index contributed by atoms with van der Waals surface area (Å²) in [6.45, 7) is 7.37. The van der Waals surface area contributed by atoms with Crippen LogP contribution in [0.5, 0.6) is 0 Å². The number of nitrogens with zero attached hydrogens (tertiary/aromatic N) is 1. The Morgan fingerprint density at radius 1 is 1.25 bits per heavy atom. The lowest BCUT2D eigenvalue weighted by Crippen LogP contribution is -2.53. The number of sulfone groups is 1. The lowest BCUT2D eigenvalue weighted by molar-refractivity contribution is -0.137. The van der Waals surface area contributed by atoms with E-state index < -0.39 is 38.3 Å². The van der Waals surface area contributed by atoms with Crippen LogP contribution in [-0.4, -0.2) is 42.4 Å². The zero-order valence-electron chi connectivity index (χ0n) is 16.3. The summed E-state index contributed by atoms with van der Waals surface area (Å²) < 4.78 is 64.8. The van der Waals surface area contributed by atoms with Crippen LogP contribution in [0.3, 0.4) is 0 Å². The third-order valence-electron chi connectivity index (χ3n) is 5.53. The zero-order chi connectivity index (χ0) is 21.5. The quantitative estimate of drug-likeness (QED) is 0.770. The van der Waals surface area contributed by atoms with Gasteiger partial charge in [-0.05, 0) is 49.3 Å². The van der Waals surface area contributed by atoms with E-state index in [0.717, 1.165) is 12.1 Å². The highest BCUT2D eigenvalue weighted by molar-refractivity contribution is 7.92. The highest BCUT2D eigenvalue weighted by Crippen LogP contribution is 2.39. The molecule has 1 aliphatic heterocycles. The van der Waals surface area contributed by atoms with Crippen molar-refractivity contribution in [2.45, 2.75) is 62.9 Å². The van der Waals surface area contributed by atoms with Crippen molar-refractivity contribution in [2.75, 3.05) is 6.54 Å². The van der Waals surface area contributed by atoms with Crippen molar-refractivity contribution in [3.05, 3.63) is 29.8 Å². The fourth-order valence-electron chi connectivity index (χ4n) is 3.79. The Kier molecular flexibility index (Phi) is 6.09. The van der Waals surface area contributed by atoms with Gasteiger partial charge in [0.2, 0.25) is 0 Å². The van der Waals surface area contributed by atoms with Crippen molar-refractivity contribution < 1.29 is 31.5 Å². The van der Waals surface area contributed by atoms with Crippen LogP contribution in [0.15, 0.2) is 29.2 Å². The number of rotatable bonds is 3. The molecule has 1 aromatic rings. The molecule has 9 heteroatoms. The summed E-state index contributed by atoms with van der Waals surface area (Å²) in [5, 5.41) is 8.52. The van der Waals surface area contributed by atoms with Gasteiger partial charge < -0.3 is 10.0 Å². The summed E-state index contributed by atoms with van der Waals surface area (Å²) in [4.78, 5) is 12.5. The number of carbonyl (C=O) groups is 1. The molecule has 0 aromatic heterocycles. The maximum absolute atomic E-state index is 13.0. The minimum Gasteiger partial charge on any atom is -0.465 e. The van der Waals surface area contributed by atoms with Crippen LogP contribution >= 0.6 is 0 Å². The van der Waals surface area contributed by atoms with Gasteiger partial charge in [-0.1, -0.05) is 26.8 Å². The molecular weight excluding hydrogens is 395 g/mol. The molecule has 1 N–H and O–H groups in total. The molecule has 0 bridgehead atoms. The van der Waals surface area contributed by atoms with Crippen LogP contribution in [0, 0.1) is 11.3 Å². The first-order chi connectivity index (χ1) is 12.7. The Labute approximate surface area is 163 Å². The molecule has 1 heterocycles. The van der Waals surface area contributed by atoms with Crippen molar-refractivity contribution >= 4 is 15.9 Å². The van der Waals surface area contributed by atoms with Crippen LogP contribution < -0.4 is 0 Å². The predicted octanol–water partition coefficient (Wildman–Crippen LogP) is 4.67. The number of alkyl halides is 3. The first kappa shape index (κ1) is 22.5. The van der Waals surface area contributed by atoms with Crippen LogP contribution in [0.4, 0.5) is 18.0 Å². The van der Waals surface area contributed by atoms with E-state index in [2.05, 4.69) is 0 Å². The highest BCUT2D eigenvalue weighted by atomic mass is 32.2. The van der Waals surface area contributed by atoms with Gasteiger partial charge in [-0.15, -0.1) is 0 Å². The minimum absolute atomic E-state index is 0.199.